The molecule has 0 amide bonds. The van der Waals surface area contributed by atoms with Crippen LogP contribution in [0, 0.1) is 0 Å². The van der Waals surface area contributed by atoms with Crippen LogP contribution in [-0.2, 0) is 14.8 Å². The summed E-state index contributed by atoms with van der Waals surface area (Å²) in [5, 5.41) is 10.2. The van der Waals surface area contributed by atoms with Crippen molar-refractivity contribution in [2.45, 2.75) is 6.10 Å². The monoisotopic (exact) mass is 283 g/mol. The molecule has 1 heterocycles. The number of hydrogen-bond acceptors (Lipinski definition) is 4. The van der Waals surface area contributed by atoms with Crippen LogP contribution in [0.4, 0.5) is 0 Å². The summed E-state index contributed by atoms with van der Waals surface area (Å²) < 4.78 is 30.8. The molecule has 1 saturated heterocycles. The molecule has 1 aliphatic heterocycles. The number of nitrogens with zero attached hydrogens (tertiary/aromatic N) is 1. The Hall–Kier alpha value is -1.21. The van der Waals surface area contributed by atoms with Gasteiger partial charge in [-0.1, -0.05) is 30.3 Å². The van der Waals surface area contributed by atoms with Crippen molar-refractivity contribution >= 4 is 16.1 Å². The molecule has 0 aliphatic carbocycles. The Labute approximate surface area is 113 Å². The molecule has 1 aliphatic rings. The molecule has 1 unspecified atom stereocenters. The molecule has 1 N–H and O–H groups in total. The average molecular weight is 283 g/mol. The highest BCUT2D eigenvalue weighted by Crippen LogP contribution is 2.13. The van der Waals surface area contributed by atoms with Crippen LogP contribution >= 0.6 is 0 Å². The molecule has 5 nitrogen and oxygen atoms in total. The average Bonchev–Trinajstić information content (AvgIpc) is 2.46. The quantitative estimate of drug-likeness (QED) is 0.882. The van der Waals surface area contributed by atoms with E-state index in [1.165, 1.54) is 9.71 Å². The second kappa shape index (κ2) is 6.29. The van der Waals surface area contributed by atoms with Gasteiger partial charge in [-0.3, -0.25) is 0 Å². The van der Waals surface area contributed by atoms with E-state index in [0.717, 1.165) is 5.56 Å². The van der Waals surface area contributed by atoms with Gasteiger partial charge in [0.2, 0.25) is 10.0 Å². The van der Waals surface area contributed by atoms with Crippen molar-refractivity contribution in [2.75, 3.05) is 26.3 Å². The molecule has 6 heteroatoms. The lowest BCUT2D eigenvalue weighted by Crippen LogP contribution is -2.46. The number of sulfonamides is 1. The smallest absolute Gasteiger partial charge is 0.236 e. The largest absolute Gasteiger partial charge is 0.394 e. The number of ether oxygens (including phenoxy) is 1. The third kappa shape index (κ3) is 3.87. The molecule has 2 rings (SSSR count). The van der Waals surface area contributed by atoms with E-state index >= 15 is 0 Å². The molecule has 104 valence electrons. The van der Waals surface area contributed by atoms with Gasteiger partial charge in [0.25, 0.3) is 0 Å². The summed E-state index contributed by atoms with van der Waals surface area (Å²) in [7, 11) is -3.46. The number of aliphatic hydroxyl groups excluding tert-OH is 1. The topological polar surface area (TPSA) is 66.8 Å². The van der Waals surface area contributed by atoms with Gasteiger partial charge >= 0.3 is 0 Å². The first kappa shape index (κ1) is 14.2. The predicted molar refractivity (Wildman–Crippen MR) is 72.8 cm³/mol. The first-order valence-corrected chi connectivity index (χ1v) is 7.58. The number of aliphatic hydroxyl groups is 1. The molecule has 0 bridgehead atoms. The van der Waals surface area contributed by atoms with Crippen LogP contribution in [0.15, 0.2) is 35.7 Å². The number of morpholine rings is 1. The van der Waals surface area contributed by atoms with Gasteiger partial charge in [-0.05, 0) is 11.6 Å². The lowest BCUT2D eigenvalue weighted by atomic mass is 10.2. The zero-order chi connectivity index (χ0) is 13.7. The van der Waals surface area contributed by atoms with Crippen LogP contribution in [0.2, 0.25) is 0 Å². The Morgan fingerprint density at radius 1 is 1.37 bits per heavy atom. The van der Waals surface area contributed by atoms with Gasteiger partial charge < -0.3 is 9.84 Å². The van der Waals surface area contributed by atoms with Crippen LogP contribution in [0.5, 0.6) is 0 Å². The van der Waals surface area contributed by atoms with Crippen LogP contribution in [0.25, 0.3) is 6.08 Å². The Kier molecular flexibility index (Phi) is 4.71. The molecule has 0 spiro atoms. The van der Waals surface area contributed by atoms with Crippen molar-refractivity contribution in [3.63, 3.8) is 0 Å². The second-order valence-corrected chi connectivity index (χ2v) is 6.11. The Bertz CT molecular complexity index is 527. The fraction of sp³-hybridized carbons (Fsp3) is 0.385. The highest BCUT2D eigenvalue weighted by Gasteiger charge is 2.27. The molecule has 1 aromatic carbocycles. The van der Waals surface area contributed by atoms with Crippen molar-refractivity contribution in [1.82, 2.24) is 4.31 Å². The molecule has 1 atom stereocenters. The zero-order valence-electron chi connectivity index (χ0n) is 10.5. The molecule has 0 aromatic heterocycles. The van der Waals surface area contributed by atoms with Gasteiger partial charge in [-0.25, -0.2) is 8.42 Å². The second-order valence-electron chi connectivity index (χ2n) is 4.29. The molecular weight excluding hydrogens is 266 g/mol. The summed E-state index contributed by atoms with van der Waals surface area (Å²) in [5.41, 5.74) is 0.832. The van der Waals surface area contributed by atoms with E-state index in [-0.39, 0.29) is 13.2 Å². The fourth-order valence-electron chi connectivity index (χ4n) is 1.85. The summed E-state index contributed by atoms with van der Waals surface area (Å²) in [6.07, 6.45) is 1.13. The van der Waals surface area contributed by atoms with E-state index in [9.17, 15) is 8.42 Å². The first-order chi connectivity index (χ1) is 9.12. The maximum Gasteiger partial charge on any atom is 0.236 e. The summed E-state index contributed by atoms with van der Waals surface area (Å²) in [4.78, 5) is 0. The molecule has 1 fully saturated rings. The van der Waals surface area contributed by atoms with E-state index < -0.39 is 16.1 Å². The van der Waals surface area contributed by atoms with Crippen LogP contribution < -0.4 is 0 Å². The molecule has 1 aromatic rings. The number of rotatable bonds is 4. The highest BCUT2D eigenvalue weighted by atomic mass is 32.2. The van der Waals surface area contributed by atoms with Crippen molar-refractivity contribution in [2.24, 2.45) is 0 Å². The van der Waals surface area contributed by atoms with Crippen LogP contribution in [0.3, 0.4) is 0 Å². The van der Waals surface area contributed by atoms with E-state index in [0.29, 0.717) is 13.2 Å². The van der Waals surface area contributed by atoms with E-state index in [4.69, 9.17) is 9.84 Å². The maximum absolute atomic E-state index is 12.1. The lowest BCUT2D eigenvalue weighted by Gasteiger charge is -2.30. The van der Waals surface area contributed by atoms with Crippen molar-refractivity contribution in [3.8, 4) is 0 Å². The third-order valence-electron chi connectivity index (χ3n) is 2.90. The van der Waals surface area contributed by atoms with Gasteiger partial charge in [0.15, 0.2) is 0 Å². The minimum Gasteiger partial charge on any atom is -0.394 e. The third-order valence-corrected chi connectivity index (χ3v) is 4.43. The molecule has 0 saturated carbocycles. The van der Waals surface area contributed by atoms with Crippen molar-refractivity contribution in [3.05, 3.63) is 41.3 Å². The van der Waals surface area contributed by atoms with Crippen molar-refractivity contribution in [1.29, 1.82) is 0 Å². The van der Waals surface area contributed by atoms with E-state index in [1.54, 1.807) is 6.08 Å². The Morgan fingerprint density at radius 3 is 2.79 bits per heavy atom. The standard InChI is InChI=1S/C13H17NO4S/c15-11-13-10-14(7-8-18-13)19(16,17)9-6-12-4-2-1-3-5-12/h1-6,9,13,15H,7-8,10-11H2/b9-6+. The van der Waals surface area contributed by atoms with Crippen LogP contribution in [0.1, 0.15) is 5.56 Å². The lowest BCUT2D eigenvalue weighted by molar-refractivity contribution is -0.0301. The normalized spacial score (nSPS) is 21.8. The Morgan fingerprint density at radius 2 is 2.11 bits per heavy atom. The molecule has 0 radical (unpaired) electrons. The highest BCUT2D eigenvalue weighted by molar-refractivity contribution is 7.92. The van der Waals surface area contributed by atoms with Gasteiger partial charge in [0.1, 0.15) is 0 Å². The predicted octanol–water partition coefficient (Wildman–Crippen LogP) is 0.680. The van der Waals surface area contributed by atoms with Gasteiger partial charge in [0.05, 0.1) is 19.3 Å². The first-order valence-electron chi connectivity index (χ1n) is 6.07. The van der Waals surface area contributed by atoms with E-state index in [2.05, 4.69) is 0 Å². The summed E-state index contributed by atoms with van der Waals surface area (Å²) in [6, 6.07) is 9.25. The summed E-state index contributed by atoms with van der Waals surface area (Å²) in [6.45, 7) is 0.647. The minimum absolute atomic E-state index is 0.172. The maximum atomic E-state index is 12.1. The zero-order valence-corrected chi connectivity index (χ0v) is 11.3. The fourth-order valence-corrected chi connectivity index (χ4v) is 3.05. The van der Waals surface area contributed by atoms with Gasteiger partial charge in [0, 0.05) is 18.5 Å². The molecule has 19 heavy (non-hydrogen) atoms. The Balaban J connectivity index is 2.08. The number of benzene rings is 1. The van der Waals surface area contributed by atoms with Gasteiger partial charge in [-0.2, -0.15) is 4.31 Å². The number of hydrogen-bond donors (Lipinski definition) is 1. The summed E-state index contributed by atoms with van der Waals surface area (Å²) >= 11 is 0. The van der Waals surface area contributed by atoms with E-state index in [1.807, 2.05) is 30.3 Å². The minimum atomic E-state index is -3.46. The van der Waals surface area contributed by atoms with Gasteiger partial charge in [-0.15, -0.1) is 0 Å². The molecular formula is C13H17NO4S. The van der Waals surface area contributed by atoms with Crippen LogP contribution in [-0.4, -0.2) is 50.2 Å². The SMILES string of the molecule is O=S(=O)(/C=C/c1ccccc1)N1CCOC(CO)C1. The summed E-state index contributed by atoms with van der Waals surface area (Å²) in [5.74, 6) is 0. The van der Waals surface area contributed by atoms with Crippen molar-refractivity contribution < 1.29 is 18.3 Å².